The van der Waals surface area contributed by atoms with Crippen LogP contribution in [0.25, 0.3) is 6.08 Å². The Hall–Kier alpha value is -3.81. The molecule has 0 unspecified atom stereocenters. The smallest absolute Gasteiger partial charge is 0.363 e. The number of ether oxygens (including phenoxy) is 5. The standard InChI is InChI=1S/C21H19NO7/c1-12(23)28-16-8-6-5-7-13(16)9-15-21(24)29-20(22-15)14-10-17(25-2)19(27-4)18(11-14)26-3/h5-11H,1-4H3/b15-9+. The molecule has 0 aliphatic carbocycles. The number of benzene rings is 2. The summed E-state index contributed by atoms with van der Waals surface area (Å²) in [4.78, 5) is 27.9. The minimum Gasteiger partial charge on any atom is -0.493 e. The fourth-order valence-corrected chi connectivity index (χ4v) is 2.73. The minimum atomic E-state index is -0.633. The van der Waals surface area contributed by atoms with Gasteiger partial charge in [0, 0.05) is 18.1 Å². The van der Waals surface area contributed by atoms with E-state index in [1.807, 2.05) is 0 Å². The number of para-hydroxylation sites is 1. The Morgan fingerprint density at radius 2 is 1.66 bits per heavy atom. The highest BCUT2D eigenvalue weighted by atomic mass is 16.6. The number of methoxy groups -OCH3 is 3. The second-order valence-electron chi connectivity index (χ2n) is 5.88. The van der Waals surface area contributed by atoms with Gasteiger partial charge < -0.3 is 23.7 Å². The summed E-state index contributed by atoms with van der Waals surface area (Å²) in [6.07, 6.45) is 1.49. The minimum absolute atomic E-state index is 0.0633. The van der Waals surface area contributed by atoms with E-state index < -0.39 is 11.9 Å². The highest BCUT2D eigenvalue weighted by molar-refractivity contribution is 6.13. The Bertz CT molecular complexity index is 998. The third kappa shape index (κ3) is 4.21. The molecule has 0 bridgehead atoms. The molecule has 0 fully saturated rings. The van der Waals surface area contributed by atoms with Crippen LogP contribution in [0.15, 0.2) is 47.1 Å². The Morgan fingerprint density at radius 3 is 2.24 bits per heavy atom. The van der Waals surface area contributed by atoms with Crippen molar-refractivity contribution >= 4 is 23.9 Å². The molecule has 1 aliphatic rings. The second-order valence-corrected chi connectivity index (χ2v) is 5.88. The van der Waals surface area contributed by atoms with Crippen molar-refractivity contribution in [2.75, 3.05) is 21.3 Å². The molecule has 150 valence electrons. The number of carbonyl (C=O) groups is 2. The topological polar surface area (TPSA) is 92.7 Å². The molecule has 0 radical (unpaired) electrons. The summed E-state index contributed by atoms with van der Waals surface area (Å²) in [5, 5.41) is 0. The zero-order valence-electron chi connectivity index (χ0n) is 16.3. The van der Waals surface area contributed by atoms with E-state index in [1.165, 1.54) is 34.3 Å². The first kappa shape index (κ1) is 19.9. The molecular formula is C21H19NO7. The zero-order chi connectivity index (χ0) is 21.0. The van der Waals surface area contributed by atoms with Gasteiger partial charge in [0.15, 0.2) is 17.2 Å². The van der Waals surface area contributed by atoms with Crippen LogP contribution in [0.4, 0.5) is 0 Å². The first-order valence-corrected chi connectivity index (χ1v) is 8.57. The van der Waals surface area contributed by atoms with Crippen LogP contribution in [0.3, 0.4) is 0 Å². The molecule has 8 nitrogen and oxygen atoms in total. The van der Waals surface area contributed by atoms with Crippen LogP contribution in [0.5, 0.6) is 23.0 Å². The van der Waals surface area contributed by atoms with E-state index in [4.69, 9.17) is 23.7 Å². The lowest BCUT2D eigenvalue weighted by molar-refractivity contribution is -0.132. The van der Waals surface area contributed by atoms with Gasteiger partial charge in [-0.2, -0.15) is 0 Å². The first-order chi connectivity index (χ1) is 14.0. The molecule has 8 heteroatoms. The highest BCUT2D eigenvalue weighted by Gasteiger charge is 2.27. The predicted molar refractivity (Wildman–Crippen MR) is 104 cm³/mol. The summed E-state index contributed by atoms with van der Waals surface area (Å²) in [7, 11) is 4.47. The largest absolute Gasteiger partial charge is 0.493 e. The SMILES string of the molecule is COc1cc(C2=N/C(=C/c3ccccc3OC(C)=O)C(=O)O2)cc(OC)c1OC. The number of cyclic esters (lactones) is 1. The van der Waals surface area contributed by atoms with Crippen LogP contribution in [0.2, 0.25) is 0 Å². The summed E-state index contributed by atoms with van der Waals surface area (Å²) in [6.45, 7) is 1.30. The number of aliphatic imine (C=N–C) groups is 1. The highest BCUT2D eigenvalue weighted by Crippen LogP contribution is 2.39. The number of nitrogens with zero attached hydrogens (tertiary/aromatic N) is 1. The van der Waals surface area contributed by atoms with Crippen molar-refractivity contribution in [2.45, 2.75) is 6.92 Å². The van der Waals surface area contributed by atoms with Crippen molar-refractivity contribution in [3.63, 3.8) is 0 Å². The molecule has 0 atom stereocenters. The van der Waals surface area contributed by atoms with Crippen LogP contribution < -0.4 is 18.9 Å². The van der Waals surface area contributed by atoms with Crippen molar-refractivity contribution < 1.29 is 33.3 Å². The van der Waals surface area contributed by atoms with Crippen LogP contribution in [-0.2, 0) is 14.3 Å². The van der Waals surface area contributed by atoms with Gasteiger partial charge in [-0.3, -0.25) is 4.79 Å². The lowest BCUT2D eigenvalue weighted by Gasteiger charge is -2.13. The Morgan fingerprint density at radius 1 is 1.00 bits per heavy atom. The molecule has 1 aliphatic heterocycles. The van der Waals surface area contributed by atoms with E-state index in [2.05, 4.69) is 4.99 Å². The second kappa shape index (κ2) is 8.47. The number of hydrogen-bond donors (Lipinski definition) is 0. The number of rotatable bonds is 6. The lowest BCUT2D eigenvalue weighted by atomic mass is 10.1. The maximum absolute atomic E-state index is 12.3. The molecule has 29 heavy (non-hydrogen) atoms. The van der Waals surface area contributed by atoms with Crippen molar-refractivity contribution in [3.8, 4) is 23.0 Å². The van der Waals surface area contributed by atoms with Gasteiger partial charge in [-0.1, -0.05) is 18.2 Å². The van der Waals surface area contributed by atoms with Gasteiger partial charge in [-0.15, -0.1) is 0 Å². The third-order valence-corrected chi connectivity index (χ3v) is 4.00. The van der Waals surface area contributed by atoms with Gasteiger partial charge in [0.2, 0.25) is 11.6 Å². The van der Waals surface area contributed by atoms with Gasteiger partial charge >= 0.3 is 11.9 Å². The van der Waals surface area contributed by atoms with Gasteiger partial charge in [-0.05, 0) is 24.3 Å². The van der Waals surface area contributed by atoms with E-state index in [9.17, 15) is 9.59 Å². The zero-order valence-corrected chi connectivity index (χ0v) is 16.3. The number of esters is 2. The van der Waals surface area contributed by atoms with Crippen molar-refractivity contribution in [1.82, 2.24) is 0 Å². The molecule has 3 rings (SSSR count). The fraction of sp³-hybridized carbons (Fsp3) is 0.190. The Labute approximate surface area is 167 Å². The van der Waals surface area contributed by atoms with Crippen LogP contribution in [0.1, 0.15) is 18.1 Å². The van der Waals surface area contributed by atoms with Gasteiger partial charge in [0.25, 0.3) is 0 Å². The molecule has 0 aromatic heterocycles. The van der Waals surface area contributed by atoms with Crippen LogP contribution in [-0.4, -0.2) is 39.2 Å². The predicted octanol–water partition coefficient (Wildman–Crippen LogP) is 2.98. The molecule has 0 N–H and O–H groups in total. The summed E-state index contributed by atoms with van der Waals surface area (Å²) in [5.74, 6) is 0.520. The van der Waals surface area contributed by atoms with Crippen molar-refractivity contribution in [3.05, 3.63) is 53.2 Å². The Kier molecular flexibility index (Phi) is 5.82. The molecular weight excluding hydrogens is 378 g/mol. The van der Waals surface area contributed by atoms with E-state index in [1.54, 1.807) is 36.4 Å². The van der Waals surface area contributed by atoms with Crippen LogP contribution in [0, 0.1) is 0 Å². The molecule has 2 aromatic carbocycles. The molecule has 1 heterocycles. The normalized spacial score (nSPS) is 14.3. The average molecular weight is 397 g/mol. The van der Waals surface area contributed by atoms with Crippen molar-refractivity contribution in [2.24, 2.45) is 4.99 Å². The van der Waals surface area contributed by atoms with Gasteiger partial charge in [0.1, 0.15) is 5.75 Å². The quantitative estimate of drug-likeness (QED) is 0.420. The maximum atomic E-state index is 12.3. The van der Waals surface area contributed by atoms with Crippen molar-refractivity contribution in [1.29, 1.82) is 0 Å². The van der Waals surface area contributed by atoms with Crippen LogP contribution >= 0.6 is 0 Å². The number of carbonyl (C=O) groups excluding carboxylic acids is 2. The summed E-state index contributed by atoms with van der Waals surface area (Å²) in [5.41, 5.74) is 1.06. The maximum Gasteiger partial charge on any atom is 0.363 e. The molecule has 0 spiro atoms. The summed E-state index contributed by atoms with van der Waals surface area (Å²) in [6, 6.07) is 10.1. The van der Waals surface area contributed by atoms with Gasteiger partial charge in [-0.25, -0.2) is 9.79 Å². The van der Waals surface area contributed by atoms with E-state index in [0.29, 0.717) is 34.1 Å². The molecule has 0 amide bonds. The number of hydrogen-bond acceptors (Lipinski definition) is 8. The van der Waals surface area contributed by atoms with E-state index >= 15 is 0 Å². The Balaban J connectivity index is 2.01. The van der Waals surface area contributed by atoms with E-state index in [0.717, 1.165) is 0 Å². The summed E-state index contributed by atoms with van der Waals surface area (Å²) < 4.78 is 26.4. The lowest BCUT2D eigenvalue weighted by Crippen LogP contribution is -2.07. The van der Waals surface area contributed by atoms with E-state index in [-0.39, 0.29) is 11.6 Å². The molecule has 2 aromatic rings. The first-order valence-electron chi connectivity index (χ1n) is 8.57. The summed E-state index contributed by atoms with van der Waals surface area (Å²) >= 11 is 0. The average Bonchev–Trinajstić information content (AvgIpc) is 3.08. The fourth-order valence-electron chi connectivity index (χ4n) is 2.73. The monoisotopic (exact) mass is 397 g/mol. The molecule has 0 saturated heterocycles. The van der Waals surface area contributed by atoms with Gasteiger partial charge in [0.05, 0.1) is 21.3 Å². The third-order valence-electron chi connectivity index (χ3n) is 4.00. The molecule has 0 saturated carbocycles.